The molecule has 0 saturated carbocycles. The molecule has 2 aromatic heterocycles. The predicted octanol–water partition coefficient (Wildman–Crippen LogP) is 1.14. The number of hydrogen-bond acceptors (Lipinski definition) is 5. The smallest absolute Gasteiger partial charge is 0.272 e. The first-order valence-corrected chi connectivity index (χ1v) is 8.69. The molecule has 0 unspecified atom stereocenters. The third kappa shape index (κ3) is 3.09. The lowest BCUT2D eigenvalue weighted by molar-refractivity contribution is 0.0759. The number of aliphatic hydroxyl groups is 1. The van der Waals surface area contributed by atoms with Crippen LogP contribution in [0.1, 0.15) is 21.6 Å². The number of anilines is 1. The molecule has 2 aliphatic heterocycles. The summed E-state index contributed by atoms with van der Waals surface area (Å²) in [6.45, 7) is 1.86. The van der Waals surface area contributed by atoms with Gasteiger partial charge >= 0.3 is 0 Å². The Morgan fingerprint density at radius 1 is 1.24 bits per heavy atom. The molecule has 4 rings (SSSR count). The molecule has 2 atom stereocenters. The van der Waals surface area contributed by atoms with Crippen LogP contribution in [0.5, 0.6) is 0 Å². The lowest BCUT2D eigenvalue weighted by Gasteiger charge is -2.17. The molecule has 0 aliphatic carbocycles. The van der Waals surface area contributed by atoms with Gasteiger partial charge in [0, 0.05) is 45.0 Å². The summed E-state index contributed by atoms with van der Waals surface area (Å²) in [5, 5.41) is 10.4. The van der Waals surface area contributed by atoms with E-state index in [4.69, 9.17) is 0 Å². The molecule has 6 heteroatoms. The second kappa shape index (κ2) is 6.44. The molecule has 1 amide bonds. The number of hydrogen-bond donors (Lipinski definition) is 1. The second-order valence-corrected chi connectivity index (χ2v) is 6.95. The van der Waals surface area contributed by atoms with Gasteiger partial charge in [-0.05, 0) is 42.2 Å². The van der Waals surface area contributed by atoms with Crippen molar-refractivity contribution in [1.82, 2.24) is 14.9 Å². The van der Waals surface area contributed by atoms with Gasteiger partial charge in [0.05, 0.1) is 6.10 Å². The molecule has 0 aromatic carbocycles. The third-order valence-corrected chi connectivity index (χ3v) is 5.19. The molecule has 2 aliphatic rings. The van der Waals surface area contributed by atoms with E-state index in [2.05, 4.69) is 14.9 Å². The largest absolute Gasteiger partial charge is 0.391 e. The highest BCUT2D eigenvalue weighted by atomic mass is 16.3. The number of rotatable bonds is 3. The van der Waals surface area contributed by atoms with Crippen LogP contribution in [-0.2, 0) is 12.8 Å². The molecule has 6 nitrogen and oxygen atoms in total. The summed E-state index contributed by atoms with van der Waals surface area (Å²) in [6, 6.07) is 7.72. The van der Waals surface area contributed by atoms with Gasteiger partial charge in [-0.3, -0.25) is 9.78 Å². The number of fused-ring (bicyclic) bond motifs is 1. The number of amides is 1. The standard InChI is InChI=1S/C19H22N4O2/c1-22-9-6-14-2-3-16(21-18(14)22)19(25)23-11-15(17(24)12-23)10-13-4-7-20-8-5-13/h2-5,7-8,15,17,24H,6,9-12H2,1H3/t15-,17+/m1/s1. The maximum absolute atomic E-state index is 12.8. The first-order valence-electron chi connectivity index (χ1n) is 8.69. The number of likely N-dealkylation sites (tertiary alicyclic amines) is 1. The fourth-order valence-corrected chi connectivity index (χ4v) is 3.72. The molecule has 4 heterocycles. The van der Waals surface area contributed by atoms with Gasteiger partial charge in [-0.25, -0.2) is 4.98 Å². The highest BCUT2D eigenvalue weighted by molar-refractivity contribution is 5.93. The first kappa shape index (κ1) is 16.0. The van der Waals surface area contributed by atoms with Crippen LogP contribution in [-0.4, -0.2) is 58.7 Å². The van der Waals surface area contributed by atoms with Gasteiger partial charge in [0.25, 0.3) is 5.91 Å². The Morgan fingerprint density at radius 2 is 2.04 bits per heavy atom. The number of nitrogens with zero attached hydrogens (tertiary/aromatic N) is 4. The summed E-state index contributed by atoms with van der Waals surface area (Å²) in [4.78, 5) is 25.2. The number of pyridine rings is 2. The molecule has 25 heavy (non-hydrogen) atoms. The minimum absolute atomic E-state index is 0.0449. The average Bonchev–Trinajstić information content (AvgIpc) is 3.18. The lowest BCUT2D eigenvalue weighted by Crippen LogP contribution is -2.30. The van der Waals surface area contributed by atoms with Crippen molar-refractivity contribution in [3.8, 4) is 0 Å². The zero-order valence-electron chi connectivity index (χ0n) is 14.3. The topological polar surface area (TPSA) is 69.6 Å². The molecular weight excluding hydrogens is 316 g/mol. The van der Waals surface area contributed by atoms with Crippen molar-refractivity contribution in [2.24, 2.45) is 5.92 Å². The summed E-state index contributed by atoms with van der Waals surface area (Å²) in [5.74, 6) is 0.849. The van der Waals surface area contributed by atoms with Gasteiger partial charge in [-0.15, -0.1) is 0 Å². The van der Waals surface area contributed by atoms with Crippen LogP contribution < -0.4 is 4.90 Å². The Bertz CT molecular complexity index is 780. The molecule has 2 aromatic rings. The predicted molar refractivity (Wildman–Crippen MR) is 94.6 cm³/mol. The monoisotopic (exact) mass is 338 g/mol. The molecular formula is C19H22N4O2. The van der Waals surface area contributed by atoms with Crippen molar-refractivity contribution in [1.29, 1.82) is 0 Å². The fourth-order valence-electron chi connectivity index (χ4n) is 3.72. The maximum Gasteiger partial charge on any atom is 0.272 e. The number of likely N-dealkylation sites (N-methyl/N-ethyl adjacent to an activating group) is 1. The number of carbonyl (C=O) groups excluding carboxylic acids is 1. The first-order chi connectivity index (χ1) is 12.1. The molecule has 1 fully saturated rings. The van der Waals surface area contributed by atoms with Crippen LogP contribution in [0.3, 0.4) is 0 Å². The Morgan fingerprint density at radius 3 is 2.84 bits per heavy atom. The van der Waals surface area contributed by atoms with Gasteiger partial charge in [-0.1, -0.05) is 6.07 Å². The molecule has 130 valence electrons. The molecule has 0 bridgehead atoms. The van der Waals surface area contributed by atoms with Crippen LogP contribution in [0.15, 0.2) is 36.7 Å². The molecule has 1 saturated heterocycles. The molecule has 0 radical (unpaired) electrons. The van der Waals surface area contributed by atoms with Crippen molar-refractivity contribution in [2.45, 2.75) is 18.9 Å². The van der Waals surface area contributed by atoms with E-state index in [-0.39, 0.29) is 11.8 Å². The summed E-state index contributed by atoms with van der Waals surface area (Å²) >= 11 is 0. The van der Waals surface area contributed by atoms with E-state index in [0.717, 1.165) is 30.8 Å². The zero-order chi connectivity index (χ0) is 17.4. The number of β-amino-alcohol motifs (C(OH)–C–C–N with tert-alkyl or cyclic N) is 1. The Kier molecular flexibility index (Phi) is 4.13. The SMILES string of the molecule is CN1CCc2ccc(C(=O)N3C[C@@H](Cc4ccncc4)[C@@H](O)C3)nc21. The maximum atomic E-state index is 12.8. The van der Waals surface area contributed by atoms with Gasteiger partial charge in [0.2, 0.25) is 0 Å². The minimum atomic E-state index is -0.505. The average molecular weight is 338 g/mol. The van der Waals surface area contributed by atoms with Crippen LogP contribution in [0, 0.1) is 5.92 Å². The van der Waals surface area contributed by atoms with Crippen LogP contribution >= 0.6 is 0 Å². The normalized spacial score (nSPS) is 22.3. The quantitative estimate of drug-likeness (QED) is 0.909. The molecule has 1 N–H and O–H groups in total. The molecule has 0 spiro atoms. The van der Waals surface area contributed by atoms with E-state index in [1.807, 2.05) is 31.3 Å². The number of aliphatic hydroxyl groups excluding tert-OH is 1. The van der Waals surface area contributed by atoms with Gasteiger partial charge in [0.15, 0.2) is 0 Å². The van der Waals surface area contributed by atoms with E-state index in [0.29, 0.717) is 18.8 Å². The van der Waals surface area contributed by atoms with E-state index >= 15 is 0 Å². The van der Waals surface area contributed by atoms with E-state index in [1.165, 1.54) is 5.56 Å². The number of carbonyl (C=O) groups is 1. The van der Waals surface area contributed by atoms with Gasteiger partial charge in [0.1, 0.15) is 11.5 Å². The minimum Gasteiger partial charge on any atom is -0.391 e. The van der Waals surface area contributed by atoms with Gasteiger partial charge in [-0.2, -0.15) is 0 Å². The van der Waals surface area contributed by atoms with Crippen molar-refractivity contribution in [3.63, 3.8) is 0 Å². The van der Waals surface area contributed by atoms with E-state index < -0.39 is 6.10 Å². The highest BCUT2D eigenvalue weighted by Gasteiger charge is 2.35. The Balaban J connectivity index is 1.47. The lowest BCUT2D eigenvalue weighted by atomic mass is 9.97. The summed E-state index contributed by atoms with van der Waals surface area (Å²) in [6.07, 6.45) is 4.72. The third-order valence-electron chi connectivity index (χ3n) is 5.19. The summed E-state index contributed by atoms with van der Waals surface area (Å²) in [5.41, 5.74) is 2.78. The van der Waals surface area contributed by atoms with Crippen LogP contribution in [0.2, 0.25) is 0 Å². The van der Waals surface area contributed by atoms with Crippen LogP contribution in [0.25, 0.3) is 0 Å². The van der Waals surface area contributed by atoms with Crippen molar-refractivity contribution in [2.75, 3.05) is 31.6 Å². The van der Waals surface area contributed by atoms with Crippen molar-refractivity contribution < 1.29 is 9.90 Å². The van der Waals surface area contributed by atoms with Crippen LogP contribution in [0.4, 0.5) is 5.82 Å². The highest BCUT2D eigenvalue weighted by Crippen LogP contribution is 2.26. The Labute approximate surface area is 147 Å². The van der Waals surface area contributed by atoms with Gasteiger partial charge < -0.3 is 14.9 Å². The summed E-state index contributed by atoms with van der Waals surface area (Å²) in [7, 11) is 2.00. The Hall–Kier alpha value is -2.47. The van der Waals surface area contributed by atoms with E-state index in [1.54, 1.807) is 17.3 Å². The van der Waals surface area contributed by atoms with E-state index in [9.17, 15) is 9.90 Å². The number of aromatic nitrogens is 2. The van der Waals surface area contributed by atoms with Crippen molar-refractivity contribution >= 4 is 11.7 Å². The zero-order valence-corrected chi connectivity index (χ0v) is 14.3. The second-order valence-electron chi connectivity index (χ2n) is 6.95. The fraction of sp³-hybridized carbons (Fsp3) is 0.421. The summed E-state index contributed by atoms with van der Waals surface area (Å²) < 4.78 is 0. The van der Waals surface area contributed by atoms with Crippen molar-refractivity contribution in [3.05, 3.63) is 53.5 Å².